The second kappa shape index (κ2) is 7.22. The third-order valence-corrected chi connectivity index (χ3v) is 3.96. The Hall–Kier alpha value is -3.16. The Labute approximate surface area is 153 Å². The fourth-order valence-electron chi connectivity index (χ4n) is 2.60. The summed E-state index contributed by atoms with van der Waals surface area (Å²) in [6.45, 7) is 3.37. The molecule has 27 heavy (non-hydrogen) atoms. The van der Waals surface area contributed by atoms with Gasteiger partial charge in [0, 0.05) is 5.56 Å². The van der Waals surface area contributed by atoms with Gasteiger partial charge < -0.3 is 9.84 Å². The summed E-state index contributed by atoms with van der Waals surface area (Å²) in [5, 5.41) is 6.44. The van der Waals surface area contributed by atoms with Crippen LogP contribution >= 0.6 is 0 Å². The van der Waals surface area contributed by atoms with Gasteiger partial charge in [-0.15, -0.1) is 0 Å². The van der Waals surface area contributed by atoms with Crippen LogP contribution < -0.4 is 5.32 Å². The number of alkyl halides is 3. The van der Waals surface area contributed by atoms with E-state index >= 15 is 0 Å². The zero-order valence-electron chi connectivity index (χ0n) is 14.5. The smallest absolute Gasteiger partial charge is 0.340 e. The second-order valence-corrected chi connectivity index (χ2v) is 6.00. The molecule has 1 unspecified atom stereocenters. The Balaban J connectivity index is 1.86. The number of rotatable bonds is 4. The summed E-state index contributed by atoms with van der Waals surface area (Å²) in [4.78, 5) is 16.7. The molecule has 3 rings (SSSR count). The summed E-state index contributed by atoms with van der Waals surface area (Å²) in [5.74, 6) is 0.331. The average Bonchev–Trinajstić information content (AvgIpc) is 3.07. The largest absolute Gasteiger partial charge is 0.416 e. The fraction of sp³-hybridized carbons (Fsp3) is 0.211. The first-order valence-corrected chi connectivity index (χ1v) is 8.13. The molecule has 140 valence electrons. The number of carbonyl (C=O) groups is 1. The van der Waals surface area contributed by atoms with Crippen molar-refractivity contribution in [3.05, 3.63) is 71.4 Å². The molecule has 2 aromatic carbocycles. The number of carbonyl (C=O) groups excluding carboxylic acids is 1. The van der Waals surface area contributed by atoms with E-state index in [2.05, 4.69) is 15.5 Å². The molecule has 8 heteroatoms. The summed E-state index contributed by atoms with van der Waals surface area (Å²) in [6.07, 6.45) is -4.41. The van der Waals surface area contributed by atoms with Crippen molar-refractivity contribution in [3.8, 4) is 11.1 Å². The Bertz CT molecular complexity index is 949. The molecule has 0 saturated carbocycles. The van der Waals surface area contributed by atoms with Crippen LogP contribution in [0.25, 0.3) is 11.1 Å². The Morgan fingerprint density at radius 1 is 1.11 bits per heavy atom. The molecule has 0 saturated heterocycles. The molecule has 0 bridgehead atoms. The average molecular weight is 375 g/mol. The van der Waals surface area contributed by atoms with Crippen LogP contribution in [-0.4, -0.2) is 16.0 Å². The zero-order valence-corrected chi connectivity index (χ0v) is 14.5. The Morgan fingerprint density at radius 2 is 1.78 bits per heavy atom. The molecular formula is C19H16F3N3O2. The van der Waals surface area contributed by atoms with Gasteiger partial charge in [-0.3, -0.25) is 4.79 Å². The number of hydrogen-bond donors (Lipinski definition) is 1. The number of nitrogens with one attached hydrogen (secondary N) is 1. The van der Waals surface area contributed by atoms with Crippen molar-refractivity contribution in [3.63, 3.8) is 0 Å². The zero-order chi connectivity index (χ0) is 19.6. The number of aromatic nitrogens is 2. The first-order valence-electron chi connectivity index (χ1n) is 8.13. The van der Waals surface area contributed by atoms with Crippen LogP contribution in [0.2, 0.25) is 0 Å². The van der Waals surface area contributed by atoms with Gasteiger partial charge in [-0.1, -0.05) is 35.5 Å². The summed E-state index contributed by atoms with van der Waals surface area (Å²) < 4.78 is 43.3. The maximum Gasteiger partial charge on any atom is 0.416 e. The third-order valence-electron chi connectivity index (χ3n) is 3.96. The first kappa shape index (κ1) is 18.6. The lowest BCUT2D eigenvalue weighted by Gasteiger charge is -2.14. The number of aryl methyl sites for hydroxylation is 1. The van der Waals surface area contributed by atoms with E-state index in [1.54, 1.807) is 38.1 Å². The molecule has 1 aromatic heterocycles. The van der Waals surface area contributed by atoms with Crippen LogP contribution in [0.15, 0.2) is 53.1 Å². The number of halogens is 3. The van der Waals surface area contributed by atoms with E-state index in [0.717, 1.165) is 12.1 Å². The highest BCUT2D eigenvalue weighted by Crippen LogP contribution is 2.32. The van der Waals surface area contributed by atoms with E-state index in [9.17, 15) is 18.0 Å². The van der Waals surface area contributed by atoms with E-state index in [4.69, 9.17) is 4.52 Å². The van der Waals surface area contributed by atoms with Gasteiger partial charge in [-0.25, -0.2) is 0 Å². The fourth-order valence-corrected chi connectivity index (χ4v) is 2.60. The number of benzene rings is 2. The van der Waals surface area contributed by atoms with E-state index in [1.165, 1.54) is 12.1 Å². The van der Waals surface area contributed by atoms with Crippen molar-refractivity contribution in [1.29, 1.82) is 0 Å². The molecule has 0 aliphatic rings. The van der Waals surface area contributed by atoms with Gasteiger partial charge >= 0.3 is 6.18 Å². The molecule has 1 heterocycles. The molecule has 1 amide bonds. The normalized spacial score (nSPS) is 12.6. The summed E-state index contributed by atoms with van der Waals surface area (Å²) in [5.41, 5.74) is 0.626. The van der Waals surface area contributed by atoms with Gasteiger partial charge in [0.05, 0.1) is 5.56 Å². The lowest BCUT2D eigenvalue weighted by Crippen LogP contribution is -2.27. The van der Waals surface area contributed by atoms with Crippen molar-refractivity contribution in [2.24, 2.45) is 0 Å². The topological polar surface area (TPSA) is 68.0 Å². The highest BCUT2D eigenvalue weighted by Gasteiger charge is 2.30. The van der Waals surface area contributed by atoms with Crippen molar-refractivity contribution < 1.29 is 22.5 Å². The minimum absolute atomic E-state index is 0.271. The van der Waals surface area contributed by atoms with Gasteiger partial charge in [0.1, 0.15) is 6.04 Å². The monoisotopic (exact) mass is 375 g/mol. The molecule has 0 aliphatic heterocycles. The van der Waals surface area contributed by atoms with E-state index in [1.807, 2.05) is 0 Å². The Kier molecular flexibility index (Phi) is 4.98. The quantitative estimate of drug-likeness (QED) is 0.726. The van der Waals surface area contributed by atoms with Crippen LogP contribution in [0.5, 0.6) is 0 Å². The highest BCUT2D eigenvalue weighted by molar-refractivity contribution is 6.01. The molecule has 1 N–H and O–H groups in total. The predicted octanol–water partition coefficient (Wildman–Crippen LogP) is 4.55. The van der Waals surface area contributed by atoms with Gasteiger partial charge in [-0.05, 0) is 43.2 Å². The number of hydrogen-bond acceptors (Lipinski definition) is 4. The van der Waals surface area contributed by atoms with Crippen molar-refractivity contribution in [2.75, 3.05) is 0 Å². The SMILES string of the molecule is Cc1noc(C(C)NC(=O)c2ccccc2-c2ccc(C(F)(F)F)cc2)n1. The molecule has 1 atom stereocenters. The van der Waals surface area contributed by atoms with Crippen molar-refractivity contribution >= 4 is 5.91 Å². The number of nitrogens with zero attached hydrogens (tertiary/aromatic N) is 2. The van der Waals surface area contributed by atoms with Crippen molar-refractivity contribution in [2.45, 2.75) is 26.1 Å². The van der Waals surface area contributed by atoms with E-state index in [0.29, 0.717) is 22.5 Å². The van der Waals surface area contributed by atoms with Crippen LogP contribution in [0.1, 0.15) is 40.6 Å². The summed E-state index contributed by atoms with van der Waals surface area (Å²) in [6, 6.07) is 10.9. The van der Waals surface area contributed by atoms with Crippen LogP contribution in [0.3, 0.4) is 0 Å². The minimum Gasteiger partial charge on any atom is -0.340 e. The van der Waals surface area contributed by atoms with Crippen LogP contribution in [-0.2, 0) is 6.18 Å². The molecule has 3 aromatic rings. The first-order chi connectivity index (χ1) is 12.8. The lowest BCUT2D eigenvalue weighted by molar-refractivity contribution is -0.137. The van der Waals surface area contributed by atoms with Crippen LogP contribution in [0.4, 0.5) is 13.2 Å². The third kappa shape index (κ3) is 4.16. The summed E-state index contributed by atoms with van der Waals surface area (Å²) in [7, 11) is 0. The van der Waals surface area contributed by atoms with Gasteiger partial charge in [-0.2, -0.15) is 18.2 Å². The second-order valence-electron chi connectivity index (χ2n) is 6.00. The van der Waals surface area contributed by atoms with Crippen molar-refractivity contribution in [1.82, 2.24) is 15.5 Å². The molecule has 0 spiro atoms. The highest BCUT2D eigenvalue weighted by atomic mass is 19.4. The number of amides is 1. The standard InChI is InChI=1S/C19H16F3N3O2/c1-11(18-24-12(2)25-27-18)23-17(26)16-6-4-3-5-15(16)13-7-9-14(10-8-13)19(20,21)22/h3-11H,1-2H3,(H,23,26). The van der Waals surface area contributed by atoms with E-state index < -0.39 is 23.7 Å². The maximum absolute atomic E-state index is 12.8. The van der Waals surface area contributed by atoms with Crippen LogP contribution in [0, 0.1) is 6.92 Å². The molecule has 5 nitrogen and oxygen atoms in total. The maximum atomic E-state index is 12.8. The minimum atomic E-state index is -4.41. The summed E-state index contributed by atoms with van der Waals surface area (Å²) >= 11 is 0. The predicted molar refractivity (Wildman–Crippen MR) is 91.8 cm³/mol. The molecule has 0 radical (unpaired) electrons. The molecule has 0 aliphatic carbocycles. The Morgan fingerprint density at radius 3 is 2.37 bits per heavy atom. The van der Waals surface area contributed by atoms with Gasteiger partial charge in [0.15, 0.2) is 5.82 Å². The van der Waals surface area contributed by atoms with Gasteiger partial charge in [0.2, 0.25) is 5.89 Å². The molecular weight excluding hydrogens is 359 g/mol. The van der Waals surface area contributed by atoms with Gasteiger partial charge in [0.25, 0.3) is 5.91 Å². The lowest BCUT2D eigenvalue weighted by atomic mass is 9.98. The molecule has 0 fully saturated rings. The van der Waals surface area contributed by atoms with E-state index in [-0.39, 0.29) is 5.89 Å².